The Morgan fingerprint density at radius 2 is 1.79 bits per heavy atom. The molecule has 0 bridgehead atoms. The molecule has 1 aromatic heterocycles. The van der Waals surface area contributed by atoms with Gasteiger partial charge < -0.3 is 13.9 Å². The minimum absolute atomic E-state index is 0.0925. The first-order valence-corrected chi connectivity index (χ1v) is 8.78. The van der Waals surface area contributed by atoms with Crippen molar-refractivity contribution in [2.24, 2.45) is 0 Å². The van der Waals surface area contributed by atoms with Gasteiger partial charge in [-0.2, -0.15) is 0 Å². The summed E-state index contributed by atoms with van der Waals surface area (Å²) in [5, 5.41) is 0.770. The van der Waals surface area contributed by atoms with E-state index in [1.54, 1.807) is 42.5 Å². The molecular weight excluding hydrogens is 384 g/mol. The number of halogens is 1. The van der Waals surface area contributed by atoms with Gasteiger partial charge >= 0.3 is 5.97 Å². The molecule has 28 heavy (non-hydrogen) atoms. The molecule has 0 fully saturated rings. The Kier molecular flexibility index (Phi) is 5.51. The average molecular weight is 401 g/mol. The number of hydrogen-bond donors (Lipinski definition) is 0. The molecule has 0 aliphatic heterocycles. The lowest BCUT2D eigenvalue weighted by Gasteiger charge is -2.16. The number of benzene rings is 2. The summed E-state index contributed by atoms with van der Waals surface area (Å²) in [7, 11) is 1.13. The Morgan fingerprint density at radius 3 is 2.39 bits per heavy atom. The third-order valence-corrected chi connectivity index (χ3v) is 4.38. The van der Waals surface area contributed by atoms with Gasteiger partial charge in [-0.3, -0.25) is 9.59 Å². The van der Waals surface area contributed by atoms with E-state index in [4.69, 9.17) is 20.8 Å². The molecule has 0 radical (unpaired) electrons. The minimum Gasteiger partial charge on any atom is -0.466 e. The molecule has 3 rings (SSSR count). The van der Waals surface area contributed by atoms with Gasteiger partial charge in [0.25, 0.3) is 6.10 Å². The molecule has 1 heterocycles. The molecule has 0 aliphatic carbocycles. The van der Waals surface area contributed by atoms with E-state index in [-0.39, 0.29) is 16.9 Å². The smallest absolute Gasteiger partial charge is 0.354 e. The lowest BCUT2D eigenvalue weighted by atomic mass is 10.1. The molecule has 3 aromatic rings. The fourth-order valence-electron chi connectivity index (χ4n) is 2.70. The van der Waals surface area contributed by atoms with Gasteiger partial charge in [0, 0.05) is 10.6 Å². The van der Waals surface area contributed by atoms with Crippen LogP contribution in [0.15, 0.2) is 51.7 Å². The Bertz CT molecular complexity index is 1110. The number of Topliss-reactive ketones (excluding diaryl/α,β-unsaturated/α-hetero) is 1. The van der Waals surface area contributed by atoms with Gasteiger partial charge in [-0.1, -0.05) is 17.7 Å². The maximum atomic E-state index is 13.1. The number of carbonyl (C=O) groups excluding carboxylic acids is 2. The van der Waals surface area contributed by atoms with Crippen molar-refractivity contribution < 1.29 is 23.5 Å². The number of ketones is 1. The van der Waals surface area contributed by atoms with Gasteiger partial charge in [-0.05, 0) is 55.8 Å². The van der Waals surface area contributed by atoms with E-state index in [0.29, 0.717) is 16.2 Å². The van der Waals surface area contributed by atoms with Crippen molar-refractivity contribution in [3.05, 3.63) is 63.3 Å². The molecule has 0 aliphatic rings. The first-order valence-electron chi connectivity index (χ1n) is 8.40. The summed E-state index contributed by atoms with van der Waals surface area (Å²) in [6.45, 7) is 3.05. The number of carbonyl (C=O) groups is 2. The number of ether oxygens (including phenoxy) is 2. The predicted molar refractivity (Wildman–Crippen MR) is 105 cm³/mol. The number of esters is 1. The molecule has 0 unspecified atom stereocenters. The third kappa shape index (κ3) is 3.77. The van der Waals surface area contributed by atoms with Crippen LogP contribution < -0.4 is 10.2 Å². The Labute approximate surface area is 165 Å². The lowest BCUT2D eigenvalue weighted by molar-refractivity contribution is -0.152. The maximum absolute atomic E-state index is 13.1. The van der Waals surface area contributed by atoms with Crippen LogP contribution in [0.4, 0.5) is 0 Å². The fourth-order valence-corrected chi connectivity index (χ4v) is 2.83. The standard InChI is InChI=1S/C21H17ClO6/c1-11-4-9-15-16(10-11)27-19(13-5-7-14(22)8-6-13)20(17(15)24)28-18(12(2)23)21(25)26-3/h4-10,18H,1-3H3/t18-/m1/s1. The predicted octanol–water partition coefficient (Wildman–Crippen LogP) is 3.93. The van der Waals surface area contributed by atoms with Crippen molar-refractivity contribution in [2.75, 3.05) is 7.11 Å². The Balaban J connectivity index is 2.27. The topological polar surface area (TPSA) is 82.8 Å². The van der Waals surface area contributed by atoms with Crippen molar-refractivity contribution in [2.45, 2.75) is 20.0 Å². The zero-order valence-electron chi connectivity index (χ0n) is 15.4. The molecular formula is C21H17ClO6. The van der Waals surface area contributed by atoms with Crippen LogP contribution in [0.3, 0.4) is 0 Å². The second-order valence-electron chi connectivity index (χ2n) is 6.23. The van der Waals surface area contributed by atoms with Crippen LogP contribution in [-0.4, -0.2) is 25.0 Å². The summed E-state index contributed by atoms with van der Waals surface area (Å²) >= 11 is 5.94. The van der Waals surface area contributed by atoms with Crippen LogP contribution in [0.5, 0.6) is 5.75 Å². The highest BCUT2D eigenvalue weighted by Gasteiger charge is 2.30. The number of aryl methyl sites for hydroxylation is 1. The minimum atomic E-state index is -1.58. The quantitative estimate of drug-likeness (QED) is 0.476. The zero-order chi connectivity index (χ0) is 20.4. The highest BCUT2D eigenvalue weighted by atomic mass is 35.5. The van der Waals surface area contributed by atoms with Gasteiger partial charge in [0.05, 0.1) is 12.5 Å². The highest BCUT2D eigenvalue weighted by molar-refractivity contribution is 6.30. The fraction of sp³-hybridized carbons (Fsp3) is 0.190. The largest absolute Gasteiger partial charge is 0.466 e. The summed E-state index contributed by atoms with van der Waals surface area (Å²) in [5.41, 5.74) is 1.27. The first-order chi connectivity index (χ1) is 13.3. The molecule has 0 spiro atoms. The molecule has 2 aromatic carbocycles. The van der Waals surface area contributed by atoms with Crippen LogP contribution in [-0.2, 0) is 14.3 Å². The van der Waals surface area contributed by atoms with Gasteiger partial charge in [0.2, 0.25) is 11.2 Å². The van der Waals surface area contributed by atoms with Crippen molar-refractivity contribution in [1.82, 2.24) is 0 Å². The van der Waals surface area contributed by atoms with E-state index in [1.165, 1.54) is 6.92 Å². The molecule has 7 heteroatoms. The van der Waals surface area contributed by atoms with Gasteiger partial charge in [-0.15, -0.1) is 0 Å². The number of methoxy groups -OCH3 is 1. The first kappa shape index (κ1) is 19.6. The normalized spacial score (nSPS) is 11.9. The lowest BCUT2D eigenvalue weighted by Crippen LogP contribution is -2.36. The summed E-state index contributed by atoms with van der Waals surface area (Å²) in [4.78, 5) is 36.9. The van der Waals surface area contributed by atoms with Crippen molar-refractivity contribution in [3.63, 3.8) is 0 Å². The molecule has 6 nitrogen and oxygen atoms in total. The molecule has 0 amide bonds. The highest BCUT2D eigenvalue weighted by Crippen LogP contribution is 2.32. The Hall–Kier alpha value is -3.12. The third-order valence-electron chi connectivity index (χ3n) is 4.13. The maximum Gasteiger partial charge on any atom is 0.354 e. The number of hydrogen-bond acceptors (Lipinski definition) is 6. The van der Waals surface area contributed by atoms with Gasteiger partial charge in [0.15, 0.2) is 11.5 Å². The molecule has 144 valence electrons. The second-order valence-corrected chi connectivity index (χ2v) is 6.66. The summed E-state index contributed by atoms with van der Waals surface area (Å²) < 4.78 is 16.1. The van der Waals surface area contributed by atoms with E-state index in [0.717, 1.165) is 12.7 Å². The zero-order valence-corrected chi connectivity index (χ0v) is 16.2. The van der Waals surface area contributed by atoms with Crippen molar-refractivity contribution >= 4 is 34.3 Å². The summed E-state index contributed by atoms with van der Waals surface area (Å²) in [5.74, 6) is -1.66. The van der Waals surface area contributed by atoms with Crippen molar-refractivity contribution in [3.8, 4) is 17.1 Å². The van der Waals surface area contributed by atoms with Crippen LogP contribution >= 0.6 is 11.6 Å². The Morgan fingerprint density at radius 1 is 1.11 bits per heavy atom. The molecule has 0 saturated carbocycles. The second kappa shape index (κ2) is 7.86. The van der Waals surface area contributed by atoms with Crippen LogP contribution in [0.25, 0.3) is 22.3 Å². The van der Waals surface area contributed by atoms with Crippen LogP contribution in [0.1, 0.15) is 12.5 Å². The summed E-state index contributed by atoms with van der Waals surface area (Å²) in [6, 6.07) is 11.6. The average Bonchev–Trinajstić information content (AvgIpc) is 2.66. The van der Waals surface area contributed by atoms with E-state index in [9.17, 15) is 14.4 Å². The summed E-state index contributed by atoms with van der Waals surface area (Å²) in [6.07, 6.45) is -1.58. The number of fused-ring (bicyclic) bond motifs is 1. The molecule has 0 saturated heterocycles. The van der Waals surface area contributed by atoms with E-state index < -0.39 is 23.3 Å². The van der Waals surface area contributed by atoms with Crippen LogP contribution in [0.2, 0.25) is 5.02 Å². The SMILES string of the molecule is COC(=O)[C@H](Oc1c(-c2ccc(Cl)cc2)oc2cc(C)ccc2c1=O)C(C)=O. The van der Waals surface area contributed by atoms with Gasteiger partial charge in [0.1, 0.15) is 5.58 Å². The van der Waals surface area contributed by atoms with E-state index in [1.807, 2.05) is 6.92 Å². The van der Waals surface area contributed by atoms with Gasteiger partial charge in [-0.25, -0.2) is 4.79 Å². The molecule has 1 atom stereocenters. The molecule has 0 N–H and O–H groups in total. The van der Waals surface area contributed by atoms with Crippen molar-refractivity contribution in [1.29, 1.82) is 0 Å². The monoisotopic (exact) mass is 400 g/mol. The van der Waals surface area contributed by atoms with Crippen LogP contribution in [0, 0.1) is 6.92 Å². The van der Waals surface area contributed by atoms with E-state index >= 15 is 0 Å². The van der Waals surface area contributed by atoms with E-state index in [2.05, 4.69) is 4.74 Å². The number of rotatable bonds is 5.